The molecule has 53 heavy (non-hydrogen) atoms. The van der Waals surface area contributed by atoms with Crippen LogP contribution in [0.25, 0.3) is 0 Å². The van der Waals surface area contributed by atoms with Gasteiger partial charge in [-0.15, -0.1) is 0 Å². The number of carbonyl (C=O) groups is 2. The van der Waals surface area contributed by atoms with E-state index in [4.69, 9.17) is 28.3 Å². The van der Waals surface area contributed by atoms with E-state index in [0.29, 0.717) is 23.0 Å². The second-order valence-electron chi connectivity index (χ2n) is 9.63. The molecule has 0 spiro atoms. The molecule has 279 valence electrons. The minimum Gasteiger partial charge on any atom is -0.368 e. The number of nitrogens with two attached hydrogens (primary N) is 2. The number of nitrogens with zero attached hydrogens (tertiary/aromatic N) is 4. The molecule has 0 atom stereocenters. The molecule has 0 unspecified atom stereocenters. The molecular formula is C36H36CuN8O6S2. The summed E-state index contributed by atoms with van der Waals surface area (Å²) in [5.41, 5.74) is 15.6. The second kappa shape index (κ2) is 29.5. The third-order valence-electron chi connectivity index (χ3n) is 5.80. The number of aromatic nitrogens is 4. The summed E-state index contributed by atoms with van der Waals surface area (Å²) in [6.45, 7) is 3.75. The summed E-state index contributed by atoms with van der Waals surface area (Å²) in [7, 11) is 0. The van der Waals surface area contributed by atoms with Crippen LogP contribution in [-0.4, -0.2) is 48.3 Å². The van der Waals surface area contributed by atoms with Gasteiger partial charge >= 0.3 is 23.1 Å². The van der Waals surface area contributed by atoms with Crippen molar-refractivity contribution in [1.29, 1.82) is 0 Å². The minimum absolute atomic E-state index is 0. The van der Waals surface area contributed by atoms with E-state index in [1.165, 1.54) is 0 Å². The van der Waals surface area contributed by atoms with Crippen molar-refractivity contribution in [2.24, 2.45) is 0 Å². The minimum atomic E-state index is -0.750. The number of ketones is 2. The topological polar surface area (TPSA) is 230 Å². The maximum Gasteiger partial charge on any atom is 0.335 e. The van der Waals surface area contributed by atoms with E-state index in [0.717, 1.165) is 22.8 Å². The van der Waals surface area contributed by atoms with E-state index in [2.05, 4.69) is 30.6 Å². The van der Waals surface area contributed by atoms with E-state index < -0.39 is 23.1 Å². The van der Waals surface area contributed by atoms with E-state index in [-0.39, 0.29) is 28.6 Å². The van der Waals surface area contributed by atoms with Crippen LogP contribution in [0.1, 0.15) is 11.4 Å². The Hall–Kier alpha value is -6.26. The molecule has 17 heteroatoms. The Labute approximate surface area is 324 Å². The summed E-state index contributed by atoms with van der Waals surface area (Å²) in [6, 6.07) is 23.1. The van der Waals surface area contributed by atoms with Crippen molar-refractivity contribution in [3.05, 3.63) is 169 Å². The molecule has 2 aromatic heterocycles. The zero-order valence-electron chi connectivity index (χ0n) is 28.4. The van der Waals surface area contributed by atoms with Gasteiger partial charge in [-0.2, -0.15) is 16.8 Å². The van der Waals surface area contributed by atoms with Gasteiger partial charge in [-0.1, -0.05) is 60.7 Å². The monoisotopic (exact) mass is 803 g/mol. The molecule has 2 aromatic carbocycles. The Bertz CT molecular complexity index is 1800. The SMILES string of the molecule is Cc1ccnc(N)n1.Cc1ccnc(N)n1.O=C1C=CC=C/C1=C\Nc1ccccc1.O=C1C=CC=C/C1=C\Nc1ccccc1.O=S=O.O=S=O.[Cu]. The fourth-order valence-electron chi connectivity index (χ4n) is 3.53. The standard InChI is InChI=1S/2C13H11NO.2C5H7N3.Cu.2O2S/c2*15-13-9-5-4-6-11(13)10-14-12-7-2-1-3-8-12;2*1-4-2-3-7-5(6)8-4;;2*1-3-2/h2*1-10,14H;2*2-3H,1H3,(H2,6,7,8);;;/b2*11-10+;;;;;. The van der Waals surface area contributed by atoms with Crippen LogP contribution in [-0.2, 0) is 49.8 Å². The summed E-state index contributed by atoms with van der Waals surface area (Å²) < 4.78 is 33.2. The number of aryl methyl sites for hydroxylation is 2. The third-order valence-corrected chi connectivity index (χ3v) is 5.80. The van der Waals surface area contributed by atoms with Gasteiger partial charge in [0.2, 0.25) is 11.9 Å². The normalized spacial score (nSPS) is 12.9. The largest absolute Gasteiger partial charge is 0.368 e. The Morgan fingerprint density at radius 1 is 0.547 bits per heavy atom. The molecule has 0 aliphatic heterocycles. The number of hydrogen-bond donors (Lipinski definition) is 4. The van der Waals surface area contributed by atoms with Crippen molar-refractivity contribution >= 4 is 58.0 Å². The molecule has 6 N–H and O–H groups in total. The van der Waals surface area contributed by atoms with Crippen molar-refractivity contribution in [1.82, 2.24) is 19.9 Å². The number of nitrogens with one attached hydrogen (secondary N) is 2. The molecule has 14 nitrogen and oxygen atoms in total. The predicted octanol–water partition coefficient (Wildman–Crippen LogP) is 4.75. The van der Waals surface area contributed by atoms with Crippen molar-refractivity contribution in [2.75, 3.05) is 22.1 Å². The molecule has 2 aliphatic carbocycles. The number of anilines is 4. The molecule has 0 saturated carbocycles. The van der Waals surface area contributed by atoms with Gasteiger partial charge in [0.1, 0.15) is 0 Å². The van der Waals surface area contributed by atoms with Crippen LogP contribution >= 0.6 is 0 Å². The zero-order chi connectivity index (χ0) is 38.4. The number of para-hydroxylation sites is 2. The fourth-order valence-corrected chi connectivity index (χ4v) is 3.53. The average Bonchev–Trinajstić information content (AvgIpc) is 3.13. The van der Waals surface area contributed by atoms with Crippen LogP contribution in [0, 0.1) is 13.8 Å². The van der Waals surface area contributed by atoms with Crippen LogP contribution < -0.4 is 22.1 Å². The van der Waals surface area contributed by atoms with Gasteiger partial charge in [0.05, 0.1) is 0 Å². The van der Waals surface area contributed by atoms with Gasteiger partial charge in [-0.25, -0.2) is 19.9 Å². The molecule has 1 radical (unpaired) electrons. The predicted molar refractivity (Wildman–Crippen MR) is 203 cm³/mol. The van der Waals surface area contributed by atoms with Crippen molar-refractivity contribution in [3.8, 4) is 0 Å². The number of benzene rings is 2. The summed E-state index contributed by atoms with van der Waals surface area (Å²) in [6.07, 6.45) is 20.6. The van der Waals surface area contributed by atoms with E-state index in [1.807, 2.05) is 86.7 Å². The van der Waals surface area contributed by atoms with Gasteiger partial charge in [-0.3, -0.25) is 9.59 Å². The zero-order valence-corrected chi connectivity index (χ0v) is 30.9. The van der Waals surface area contributed by atoms with E-state index in [9.17, 15) is 9.59 Å². The van der Waals surface area contributed by atoms with Crippen LogP contribution in [0.4, 0.5) is 23.3 Å². The van der Waals surface area contributed by atoms with Gasteiger partial charge in [-0.05, 0) is 74.5 Å². The second-order valence-corrected chi connectivity index (χ2v) is 9.91. The smallest absolute Gasteiger partial charge is 0.335 e. The molecule has 0 saturated heterocycles. The van der Waals surface area contributed by atoms with Crippen molar-refractivity contribution in [2.45, 2.75) is 13.8 Å². The number of carbonyl (C=O) groups excluding carboxylic acids is 2. The summed E-state index contributed by atoms with van der Waals surface area (Å²) in [5, 5.41) is 6.15. The maximum atomic E-state index is 11.4. The van der Waals surface area contributed by atoms with Gasteiger partial charge < -0.3 is 22.1 Å². The Kier molecular flexibility index (Phi) is 26.0. The fraction of sp³-hybridized carbons (Fsp3) is 0.0556. The maximum absolute atomic E-state index is 11.4. The van der Waals surface area contributed by atoms with Crippen LogP contribution in [0.5, 0.6) is 0 Å². The molecule has 0 amide bonds. The quantitative estimate of drug-likeness (QED) is 0.161. The summed E-state index contributed by atoms with van der Waals surface area (Å²) in [5.74, 6) is 0.733. The van der Waals surface area contributed by atoms with Crippen LogP contribution in [0.15, 0.2) is 157 Å². The van der Waals surface area contributed by atoms with Crippen molar-refractivity contribution < 1.29 is 43.5 Å². The number of nitrogen functional groups attached to an aromatic ring is 2. The molecule has 2 heterocycles. The number of allylic oxidation sites excluding steroid dienone is 10. The van der Waals surface area contributed by atoms with Crippen molar-refractivity contribution in [3.63, 3.8) is 0 Å². The Balaban J connectivity index is 0.000000664. The van der Waals surface area contributed by atoms with Crippen LogP contribution in [0.2, 0.25) is 0 Å². The molecular weight excluding hydrogens is 768 g/mol. The third kappa shape index (κ3) is 23.0. The number of rotatable bonds is 4. The Morgan fingerprint density at radius 3 is 1.13 bits per heavy atom. The first kappa shape index (κ1) is 46.7. The average molecular weight is 804 g/mol. The molecule has 2 aliphatic rings. The van der Waals surface area contributed by atoms with E-state index in [1.54, 1.807) is 73.4 Å². The molecule has 6 rings (SSSR count). The van der Waals surface area contributed by atoms with E-state index >= 15 is 0 Å². The Morgan fingerprint density at radius 2 is 0.868 bits per heavy atom. The molecule has 0 bridgehead atoms. The van der Waals surface area contributed by atoms with Gasteiger partial charge in [0.25, 0.3) is 0 Å². The van der Waals surface area contributed by atoms with Gasteiger partial charge in [0.15, 0.2) is 11.6 Å². The first-order valence-corrected chi connectivity index (χ1v) is 16.2. The first-order chi connectivity index (χ1) is 25.1. The van der Waals surface area contributed by atoms with Crippen LogP contribution in [0.3, 0.4) is 0 Å². The summed E-state index contributed by atoms with van der Waals surface area (Å²) in [4.78, 5) is 37.8. The summed E-state index contributed by atoms with van der Waals surface area (Å²) >= 11 is -1.50. The first-order valence-electron chi connectivity index (χ1n) is 14.9. The van der Waals surface area contributed by atoms with Gasteiger partial charge in [0, 0.05) is 75.8 Å². The molecule has 0 fully saturated rings. The molecule has 4 aromatic rings. The number of hydrogen-bond acceptors (Lipinski definition) is 14.